The predicted molar refractivity (Wildman–Crippen MR) is 130 cm³/mol. The number of halogens is 4. The van der Waals surface area contributed by atoms with Crippen LogP contribution in [0.3, 0.4) is 0 Å². The molecule has 1 amide bonds. The molecule has 1 aliphatic carbocycles. The minimum absolute atomic E-state index is 0.00937. The first kappa shape index (κ1) is 28.2. The Morgan fingerprint density at radius 3 is 2.46 bits per heavy atom. The summed E-state index contributed by atoms with van der Waals surface area (Å²) in [6, 6.07) is 6.32. The molecular formula is C24H23F4N5O5S. The molecule has 0 saturated heterocycles. The van der Waals surface area contributed by atoms with E-state index in [2.05, 4.69) is 20.5 Å². The number of aromatic nitrogens is 3. The van der Waals surface area contributed by atoms with Crippen LogP contribution in [0.25, 0.3) is 0 Å². The highest BCUT2D eigenvalue weighted by atomic mass is 32.2. The summed E-state index contributed by atoms with van der Waals surface area (Å²) in [5, 5.41) is 19.5. The third kappa shape index (κ3) is 5.63. The summed E-state index contributed by atoms with van der Waals surface area (Å²) < 4.78 is 86.3. The van der Waals surface area contributed by atoms with Gasteiger partial charge in [0.1, 0.15) is 11.2 Å². The Morgan fingerprint density at radius 1 is 1.21 bits per heavy atom. The predicted octanol–water partition coefficient (Wildman–Crippen LogP) is 4.80. The molecule has 3 aromatic rings. The second-order valence-corrected chi connectivity index (χ2v) is 11.2. The minimum Gasteiger partial charge on any atom is -0.478 e. The number of pyridine rings is 1. The molecule has 1 fully saturated rings. The van der Waals surface area contributed by atoms with Crippen LogP contribution >= 0.6 is 0 Å². The van der Waals surface area contributed by atoms with Gasteiger partial charge in [0.2, 0.25) is 5.75 Å². The average Bonchev–Trinajstić information content (AvgIpc) is 2.82. The van der Waals surface area contributed by atoms with Gasteiger partial charge in [0, 0.05) is 22.9 Å². The Bertz CT molecular complexity index is 1560. The third-order valence-electron chi connectivity index (χ3n) is 6.17. The Balaban J connectivity index is 1.79. The normalized spacial score (nSPS) is 16.1. The van der Waals surface area contributed by atoms with Crippen molar-refractivity contribution in [2.45, 2.75) is 42.9 Å². The molecule has 1 atom stereocenters. The summed E-state index contributed by atoms with van der Waals surface area (Å²) in [4.78, 5) is 17.4. The first-order chi connectivity index (χ1) is 18.1. The lowest BCUT2D eigenvalue weighted by molar-refractivity contribution is -0.142. The number of methoxy groups -OCH3 is 1. The molecule has 10 nitrogen and oxygen atoms in total. The molecule has 0 bridgehead atoms. The number of nitrogens with one attached hydrogen (secondary N) is 2. The zero-order valence-electron chi connectivity index (χ0n) is 20.9. The monoisotopic (exact) mass is 569 g/mol. The molecule has 0 spiro atoms. The van der Waals surface area contributed by atoms with Crippen LogP contribution in [-0.4, -0.2) is 43.8 Å². The number of carbonyl (C=O) groups excluding carboxylic acids is 1. The smallest absolute Gasteiger partial charge is 0.435 e. The topological polar surface area (TPSA) is 147 Å². The standard InChI is InChI=1S/C24H23F4N5O5S/c1-12-17(20(34)30-13-6-4-7-14(10-13)39(3,29)36)21(33-32-19(12)24(26,27)28)38-18-15(25)11-16(31-22(18)37-2)23(35)8-5-9-23/h4,6-7,10-11,29,35H,5,8-9H2,1-3H3,(H,30,34). The molecule has 1 aromatic carbocycles. The lowest BCUT2D eigenvalue weighted by Gasteiger charge is -2.36. The van der Waals surface area contributed by atoms with Crippen LogP contribution in [0, 0.1) is 17.5 Å². The average molecular weight is 570 g/mol. The Kier molecular flexibility index (Phi) is 7.25. The molecule has 1 saturated carbocycles. The van der Waals surface area contributed by atoms with Gasteiger partial charge in [-0.25, -0.2) is 18.4 Å². The zero-order chi connectivity index (χ0) is 28.8. The number of benzene rings is 1. The molecule has 1 unspecified atom stereocenters. The molecule has 0 aliphatic heterocycles. The summed E-state index contributed by atoms with van der Waals surface area (Å²) in [5.41, 5.74) is -4.17. The maximum atomic E-state index is 15.1. The lowest BCUT2D eigenvalue weighted by Crippen LogP contribution is -2.34. The number of aliphatic hydroxyl groups is 1. The van der Waals surface area contributed by atoms with E-state index in [0.29, 0.717) is 19.3 Å². The van der Waals surface area contributed by atoms with Crippen molar-refractivity contribution in [3.8, 4) is 17.5 Å². The highest BCUT2D eigenvalue weighted by Gasteiger charge is 2.40. The van der Waals surface area contributed by atoms with Crippen molar-refractivity contribution in [2.75, 3.05) is 18.7 Å². The number of hydrogen-bond acceptors (Lipinski definition) is 9. The van der Waals surface area contributed by atoms with Crippen LogP contribution in [0.2, 0.25) is 0 Å². The van der Waals surface area contributed by atoms with Gasteiger partial charge in [-0.05, 0) is 49.9 Å². The molecule has 2 aromatic heterocycles. The van der Waals surface area contributed by atoms with Crippen LogP contribution in [-0.2, 0) is 21.5 Å². The summed E-state index contributed by atoms with van der Waals surface area (Å²) in [6.07, 6.45) is -2.40. The van der Waals surface area contributed by atoms with Crippen LogP contribution < -0.4 is 14.8 Å². The summed E-state index contributed by atoms with van der Waals surface area (Å²) in [5.74, 6) is -4.09. The number of amides is 1. The van der Waals surface area contributed by atoms with E-state index in [-0.39, 0.29) is 16.3 Å². The van der Waals surface area contributed by atoms with E-state index in [1.54, 1.807) is 0 Å². The SMILES string of the molecule is COc1nc(C2(O)CCC2)cc(F)c1Oc1nnc(C(F)(F)F)c(C)c1C(=O)Nc1cccc(S(C)(=N)=O)c1. The maximum Gasteiger partial charge on any atom is 0.435 e. The number of ether oxygens (including phenoxy) is 2. The molecule has 3 N–H and O–H groups in total. The van der Waals surface area contributed by atoms with Crippen LogP contribution in [0.5, 0.6) is 17.5 Å². The van der Waals surface area contributed by atoms with E-state index >= 15 is 4.39 Å². The van der Waals surface area contributed by atoms with Gasteiger partial charge in [0.25, 0.3) is 17.7 Å². The Labute approximate surface area is 220 Å². The quantitative estimate of drug-likeness (QED) is 0.344. The fourth-order valence-electron chi connectivity index (χ4n) is 3.93. The van der Waals surface area contributed by atoms with E-state index in [1.165, 1.54) is 24.3 Å². The van der Waals surface area contributed by atoms with Gasteiger partial charge >= 0.3 is 6.18 Å². The summed E-state index contributed by atoms with van der Waals surface area (Å²) in [6.45, 7) is 0.972. The second-order valence-electron chi connectivity index (χ2n) is 8.99. The summed E-state index contributed by atoms with van der Waals surface area (Å²) >= 11 is 0. The van der Waals surface area contributed by atoms with Crippen LogP contribution in [0.4, 0.5) is 23.2 Å². The molecule has 15 heteroatoms. The van der Waals surface area contributed by atoms with Gasteiger partial charge in [-0.3, -0.25) is 4.79 Å². The van der Waals surface area contributed by atoms with Gasteiger partial charge in [-0.15, -0.1) is 10.2 Å². The van der Waals surface area contributed by atoms with Crippen LogP contribution in [0.15, 0.2) is 35.2 Å². The largest absolute Gasteiger partial charge is 0.478 e. The van der Waals surface area contributed by atoms with Gasteiger partial charge < -0.3 is 19.9 Å². The maximum absolute atomic E-state index is 15.1. The van der Waals surface area contributed by atoms with Gasteiger partial charge in [-0.1, -0.05) is 6.07 Å². The van der Waals surface area contributed by atoms with Crippen molar-refractivity contribution >= 4 is 21.3 Å². The molecule has 1 aliphatic rings. The fourth-order valence-corrected chi connectivity index (χ4v) is 4.62. The van der Waals surface area contributed by atoms with Crippen LogP contribution in [0.1, 0.15) is 46.6 Å². The Hall–Kier alpha value is -3.85. The third-order valence-corrected chi connectivity index (χ3v) is 7.32. The number of hydrogen-bond donors (Lipinski definition) is 3. The molecule has 39 heavy (non-hydrogen) atoms. The van der Waals surface area contributed by atoms with E-state index in [9.17, 15) is 27.3 Å². The van der Waals surface area contributed by atoms with Crippen molar-refractivity contribution in [3.05, 3.63) is 58.7 Å². The fraction of sp³-hybridized carbons (Fsp3) is 0.333. The minimum atomic E-state index is -4.98. The van der Waals surface area contributed by atoms with Gasteiger partial charge in [-0.2, -0.15) is 13.2 Å². The van der Waals surface area contributed by atoms with Crippen molar-refractivity contribution in [3.63, 3.8) is 0 Å². The number of anilines is 1. The highest BCUT2D eigenvalue weighted by molar-refractivity contribution is 7.91. The van der Waals surface area contributed by atoms with E-state index in [1.807, 2.05) is 0 Å². The van der Waals surface area contributed by atoms with E-state index in [0.717, 1.165) is 26.4 Å². The highest BCUT2D eigenvalue weighted by Crippen LogP contribution is 2.44. The number of rotatable bonds is 7. The second kappa shape index (κ2) is 10.0. The molecule has 0 radical (unpaired) electrons. The first-order valence-corrected chi connectivity index (χ1v) is 13.4. The van der Waals surface area contributed by atoms with E-state index in [4.69, 9.17) is 14.3 Å². The molecule has 2 heterocycles. The summed E-state index contributed by atoms with van der Waals surface area (Å²) in [7, 11) is -2.02. The van der Waals surface area contributed by atoms with Crippen molar-refractivity contribution < 1.29 is 41.1 Å². The number of nitrogens with zero attached hydrogens (tertiary/aromatic N) is 3. The van der Waals surface area contributed by atoms with E-state index < -0.39 is 67.6 Å². The lowest BCUT2D eigenvalue weighted by atomic mass is 9.77. The zero-order valence-corrected chi connectivity index (χ0v) is 21.7. The first-order valence-electron chi connectivity index (χ1n) is 11.4. The molecular weight excluding hydrogens is 546 g/mol. The Morgan fingerprint density at radius 2 is 1.90 bits per heavy atom. The number of carbonyl (C=O) groups is 1. The van der Waals surface area contributed by atoms with Gasteiger partial charge in [0.05, 0.1) is 22.5 Å². The van der Waals surface area contributed by atoms with Crippen molar-refractivity contribution in [2.24, 2.45) is 0 Å². The van der Waals surface area contributed by atoms with Crippen molar-refractivity contribution in [1.82, 2.24) is 15.2 Å². The van der Waals surface area contributed by atoms with Crippen molar-refractivity contribution in [1.29, 1.82) is 4.78 Å². The molecule has 4 rings (SSSR count). The molecule has 208 valence electrons. The van der Waals surface area contributed by atoms with Gasteiger partial charge in [0.15, 0.2) is 11.5 Å². The number of alkyl halides is 3.